The van der Waals surface area contributed by atoms with Gasteiger partial charge in [-0.05, 0) is 13.0 Å². The normalized spacial score (nSPS) is 10.1. The first-order valence-electron chi connectivity index (χ1n) is 3.49. The first-order valence-corrected chi connectivity index (χ1v) is 5.87. The van der Waals surface area contributed by atoms with Gasteiger partial charge in [-0.2, -0.15) is 0 Å². The minimum Gasteiger partial charge on any atom is -0.293 e. The Morgan fingerprint density at radius 1 is 1.62 bits per heavy atom. The molecule has 13 heavy (non-hydrogen) atoms. The summed E-state index contributed by atoms with van der Waals surface area (Å²) in [4.78, 5) is 23.5. The van der Waals surface area contributed by atoms with Gasteiger partial charge in [-0.25, -0.2) is 0 Å². The highest BCUT2D eigenvalue weighted by atomic mass is 79.9. The van der Waals surface area contributed by atoms with E-state index in [1.807, 2.05) is 6.92 Å². The van der Waals surface area contributed by atoms with Gasteiger partial charge in [-0.3, -0.25) is 9.59 Å². The third kappa shape index (κ3) is 2.42. The van der Waals surface area contributed by atoms with Crippen LogP contribution in [0.25, 0.3) is 0 Å². The molecule has 0 unspecified atom stereocenters. The lowest BCUT2D eigenvalue weighted by Crippen LogP contribution is -1.99. The van der Waals surface area contributed by atoms with Crippen LogP contribution >= 0.6 is 39.9 Å². The summed E-state index contributed by atoms with van der Waals surface area (Å²) in [7, 11) is 0. The number of rotatable bonds is 3. The average molecular weight is 279 g/mol. The van der Waals surface area contributed by atoms with E-state index in [1.54, 1.807) is 6.07 Å². The minimum absolute atomic E-state index is 0.00502. The van der Waals surface area contributed by atoms with Crippen LogP contribution in [0.15, 0.2) is 6.07 Å². The molecular weight excluding hydrogens is 272 g/mol. The van der Waals surface area contributed by atoms with E-state index in [4.69, 9.17) is 0 Å². The molecule has 0 aliphatic heterocycles. The highest BCUT2D eigenvalue weighted by Crippen LogP contribution is 2.23. The predicted molar refractivity (Wildman–Crippen MR) is 60.5 cm³/mol. The molecule has 0 bridgehead atoms. The van der Waals surface area contributed by atoms with Gasteiger partial charge in [0.15, 0.2) is 5.78 Å². The zero-order valence-electron chi connectivity index (χ0n) is 6.83. The summed E-state index contributed by atoms with van der Waals surface area (Å²) >= 11 is 8.08. The quantitative estimate of drug-likeness (QED) is 0.524. The Balaban J connectivity index is 3.10. The van der Waals surface area contributed by atoms with E-state index >= 15 is 0 Å². The van der Waals surface area contributed by atoms with Crippen molar-refractivity contribution in [3.05, 3.63) is 21.4 Å². The molecule has 0 saturated carbocycles. The number of aryl methyl sites for hydroxylation is 1. The summed E-state index contributed by atoms with van der Waals surface area (Å²) in [6.45, 7) is 1.82. The number of carbonyl (C=O) groups is 2. The van der Waals surface area contributed by atoms with Crippen LogP contribution in [-0.4, -0.2) is 16.2 Å². The summed E-state index contributed by atoms with van der Waals surface area (Å²) in [5.41, 5.74) is 0.610. The van der Waals surface area contributed by atoms with E-state index in [-0.39, 0.29) is 16.2 Å². The monoisotopic (exact) mass is 278 g/mol. The van der Waals surface area contributed by atoms with E-state index in [0.29, 0.717) is 10.4 Å². The lowest BCUT2D eigenvalue weighted by atomic mass is 10.2. The van der Waals surface area contributed by atoms with Crippen LogP contribution in [0.5, 0.6) is 0 Å². The van der Waals surface area contributed by atoms with Gasteiger partial charge in [0.1, 0.15) is 0 Å². The van der Waals surface area contributed by atoms with Crippen molar-refractivity contribution in [2.24, 2.45) is 0 Å². The standard InChI is InChI=1S/C8H7BrO2S2/c1-4-5(6(10)3-9)2-7(13-4)8(11)12/h2H,3H2,1H3,(H,11,12). The van der Waals surface area contributed by atoms with Crippen molar-refractivity contribution in [1.29, 1.82) is 0 Å². The molecule has 0 saturated heterocycles. The lowest BCUT2D eigenvalue weighted by Gasteiger charge is -1.91. The number of alkyl halides is 1. The Morgan fingerprint density at radius 2 is 2.23 bits per heavy atom. The van der Waals surface area contributed by atoms with Crippen molar-refractivity contribution >= 4 is 50.8 Å². The van der Waals surface area contributed by atoms with Crippen LogP contribution in [0.4, 0.5) is 0 Å². The summed E-state index contributed by atoms with van der Waals surface area (Å²) in [6.07, 6.45) is 0. The van der Waals surface area contributed by atoms with Crippen molar-refractivity contribution in [1.82, 2.24) is 0 Å². The number of thiophene rings is 1. The number of halogens is 1. The van der Waals surface area contributed by atoms with E-state index in [9.17, 15) is 9.59 Å². The van der Waals surface area contributed by atoms with E-state index in [1.165, 1.54) is 11.3 Å². The SMILES string of the molecule is Cc1sc(C(=O)S)cc1C(=O)CBr. The first-order chi connectivity index (χ1) is 6.06. The molecule has 1 heterocycles. The minimum atomic E-state index is -0.290. The lowest BCUT2D eigenvalue weighted by molar-refractivity contribution is 0.102. The van der Waals surface area contributed by atoms with Gasteiger partial charge < -0.3 is 0 Å². The number of ketones is 1. The molecule has 2 nitrogen and oxygen atoms in total. The van der Waals surface area contributed by atoms with Crippen molar-refractivity contribution in [2.45, 2.75) is 6.92 Å². The zero-order valence-corrected chi connectivity index (χ0v) is 10.1. The average Bonchev–Trinajstić information content (AvgIpc) is 2.46. The van der Waals surface area contributed by atoms with Gasteiger partial charge in [-0.1, -0.05) is 28.6 Å². The first kappa shape index (κ1) is 10.9. The van der Waals surface area contributed by atoms with Crippen LogP contribution in [0.2, 0.25) is 0 Å². The van der Waals surface area contributed by atoms with Crippen molar-refractivity contribution in [2.75, 3.05) is 5.33 Å². The fourth-order valence-electron chi connectivity index (χ4n) is 0.936. The molecule has 0 aliphatic rings. The van der Waals surface area contributed by atoms with Crippen LogP contribution in [0.3, 0.4) is 0 Å². The fraction of sp³-hybridized carbons (Fsp3) is 0.250. The molecule has 0 N–H and O–H groups in total. The van der Waals surface area contributed by atoms with Gasteiger partial charge in [0.2, 0.25) is 5.12 Å². The maximum atomic E-state index is 11.3. The second kappa shape index (κ2) is 4.39. The molecule has 5 heteroatoms. The Hall–Kier alpha value is -0.130. The van der Waals surface area contributed by atoms with E-state index in [2.05, 4.69) is 28.6 Å². The van der Waals surface area contributed by atoms with Crippen molar-refractivity contribution < 1.29 is 9.59 Å². The second-order valence-electron chi connectivity index (χ2n) is 2.44. The smallest absolute Gasteiger partial charge is 0.226 e. The maximum absolute atomic E-state index is 11.3. The Morgan fingerprint density at radius 3 is 2.62 bits per heavy atom. The third-order valence-corrected chi connectivity index (χ3v) is 3.50. The van der Waals surface area contributed by atoms with E-state index < -0.39 is 0 Å². The fourth-order valence-corrected chi connectivity index (χ4v) is 2.32. The van der Waals surface area contributed by atoms with Crippen LogP contribution in [0, 0.1) is 6.92 Å². The highest BCUT2D eigenvalue weighted by Gasteiger charge is 2.14. The van der Waals surface area contributed by atoms with Gasteiger partial charge >= 0.3 is 0 Å². The second-order valence-corrected chi connectivity index (χ2v) is 4.67. The molecule has 0 aromatic carbocycles. The Labute approximate surface area is 93.9 Å². The van der Waals surface area contributed by atoms with Crippen molar-refractivity contribution in [3.63, 3.8) is 0 Å². The number of hydrogen-bond acceptors (Lipinski definition) is 3. The summed E-state index contributed by atoms with van der Waals surface area (Å²) < 4.78 is 0. The Kier molecular flexibility index (Phi) is 3.70. The number of thiol groups is 1. The Bertz CT molecular complexity index is 357. The molecule has 1 aromatic heterocycles. The van der Waals surface area contributed by atoms with Gasteiger partial charge in [0.05, 0.1) is 10.2 Å². The number of Topliss-reactive ketones (excluding diaryl/α,β-unsaturated/α-hetero) is 1. The molecule has 1 aromatic rings. The molecule has 0 fully saturated rings. The number of hydrogen-bond donors (Lipinski definition) is 1. The molecular formula is C8H7BrO2S2. The zero-order chi connectivity index (χ0) is 10.0. The van der Waals surface area contributed by atoms with Gasteiger partial charge in [0.25, 0.3) is 0 Å². The molecule has 0 spiro atoms. The molecule has 0 amide bonds. The summed E-state index contributed by atoms with van der Waals surface area (Å²) in [5, 5.41) is -0.00756. The summed E-state index contributed by atoms with van der Waals surface area (Å²) in [6, 6.07) is 1.60. The van der Waals surface area contributed by atoms with E-state index in [0.717, 1.165) is 4.88 Å². The largest absolute Gasteiger partial charge is 0.293 e. The van der Waals surface area contributed by atoms with Crippen LogP contribution in [-0.2, 0) is 0 Å². The van der Waals surface area contributed by atoms with Gasteiger partial charge in [-0.15, -0.1) is 11.3 Å². The molecule has 0 atom stereocenters. The van der Waals surface area contributed by atoms with Crippen LogP contribution < -0.4 is 0 Å². The molecule has 70 valence electrons. The van der Waals surface area contributed by atoms with Crippen molar-refractivity contribution in [3.8, 4) is 0 Å². The molecule has 0 aliphatic carbocycles. The van der Waals surface area contributed by atoms with Gasteiger partial charge in [0, 0.05) is 10.4 Å². The molecule has 0 radical (unpaired) electrons. The number of carbonyl (C=O) groups excluding carboxylic acids is 2. The van der Waals surface area contributed by atoms with Crippen LogP contribution in [0.1, 0.15) is 24.9 Å². The maximum Gasteiger partial charge on any atom is 0.226 e. The predicted octanol–water partition coefficient (Wildman–Crippen LogP) is 2.70. The summed E-state index contributed by atoms with van der Waals surface area (Å²) in [5.74, 6) is -0.00502. The highest BCUT2D eigenvalue weighted by molar-refractivity contribution is 9.09. The third-order valence-electron chi connectivity index (χ3n) is 1.55. The molecule has 1 rings (SSSR count). The topological polar surface area (TPSA) is 34.1 Å².